The number of nitrogens with zero attached hydrogens (tertiary/aromatic N) is 3. The molecule has 1 heterocycles. The fourth-order valence-electron chi connectivity index (χ4n) is 1.81. The normalized spacial score (nSPS) is 10.4. The lowest BCUT2D eigenvalue weighted by molar-refractivity contribution is -0.0497. The molecule has 0 aliphatic carbocycles. The molecule has 0 saturated carbocycles. The number of aromatic nitrogens is 2. The molecule has 0 radical (unpaired) electrons. The van der Waals surface area contributed by atoms with Crippen molar-refractivity contribution in [2.45, 2.75) is 13.2 Å². The Labute approximate surface area is 137 Å². The molecular weight excluding hydrogens is 320 g/mol. The van der Waals surface area contributed by atoms with Crippen LogP contribution in [0.4, 0.5) is 25.1 Å². The number of carbonyl (C=O) groups is 1. The van der Waals surface area contributed by atoms with E-state index >= 15 is 0 Å². The lowest BCUT2D eigenvalue weighted by atomic mass is 10.3. The Morgan fingerprint density at radius 2 is 2.12 bits per heavy atom. The predicted molar refractivity (Wildman–Crippen MR) is 85.3 cm³/mol. The summed E-state index contributed by atoms with van der Waals surface area (Å²) >= 11 is 0. The SMILES string of the molecule is CN(C)c1ccnc(CNC(=O)Nc2cccc(OC(F)F)c2)n1. The largest absolute Gasteiger partial charge is 0.435 e. The number of rotatable bonds is 6. The van der Waals surface area contributed by atoms with Gasteiger partial charge in [-0.05, 0) is 18.2 Å². The Bertz CT molecular complexity index is 697. The van der Waals surface area contributed by atoms with Crippen molar-refractivity contribution < 1.29 is 18.3 Å². The van der Waals surface area contributed by atoms with Gasteiger partial charge in [0.05, 0.1) is 6.54 Å². The summed E-state index contributed by atoms with van der Waals surface area (Å²) in [6.07, 6.45) is 1.60. The molecule has 7 nitrogen and oxygen atoms in total. The number of benzene rings is 1. The van der Waals surface area contributed by atoms with E-state index in [4.69, 9.17) is 0 Å². The van der Waals surface area contributed by atoms with E-state index in [1.165, 1.54) is 18.2 Å². The lowest BCUT2D eigenvalue weighted by Crippen LogP contribution is -2.29. The quantitative estimate of drug-likeness (QED) is 0.846. The van der Waals surface area contributed by atoms with Crippen molar-refractivity contribution in [3.05, 3.63) is 42.4 Å². The van der Waals surface area contributed by atoms with E-state index in [9.17, 15) is 13.6 Å². The maximum absolute atomic E-state index is 12.2. The second-order valence-electron chi connectivity index (χ2n) is 4.94. The van der Waals surface area contributed by atoms with Gasteiger partial charge < -0.3 is 20.3 Å². The van der Waals surface area contributed by atoms with Crippen molar-refractivity contribution in [3.63, 3.8) is 0 Å². The van der Waals surface area contributed by atoms with E-state index in [-0.39, 0.29) is 12.3 Å². The molecule has 0 fully saturated rings. The van der Waals surface area contributed by atoms with Crippen LogP contribution in [0.1, 0.15) is 5.82 Å². The van der Waals surface area contributed by atoms with Crippen molar-refractivity contribution in [2.75, 3.05) is 24.3 Å². The standard InChI is InChI=1S/C15H17F2N5O2/c1-22(2)13-6-7-18-12(21-13)9-19-15(23)20-10-4-3-5-11(8-10)24-14(16)17/h3-8,14H,9H2,1-2H3,(H2,19,20,23). The summed E-state index contributed by atoms with van der Waals surface area (Å²) in [7, 11) is 3.70. The molecule has 2 amide bonds. The van der Waals surface area contributed by atoms with Crippen LogP contribution in [-0.2, 0) is 6.54 Å². The van der Waals surface area contributed by atoms with Gasteiger partial charge in [-0.25, -0.2) is 14.8 Å². The molecule has 0 aliphatic heterocycles. The van der Waals surface area contributed by atoms with Crippen LogP contribution in [0.15, 0.2) is 36.5 Å². The molecule has 0 bridgehead atoms. The molecule has 0 saturated heterocycles. The van der Waals surface area contributed by atoms with Gasteiger partial charge in [0.2, 0.25) is 0 Å². The van der Waals surface area contributed by atoms with Crippen LogP contribution in [0, 0.1) is 0 Å². The first-order valence-corrected chi connectivity index (χ1v) is 7.03. The van der Waals surface area contributed by atoms with Gasteiger partial charge >= 0.3 is 12.6 Å². The number of halogens is 2. The zero-order valence-corrected chi connectivity index (χ0v) is 13.2. The number of anilines is 2. The Morgan fingerprint density at radius 3 is 2.83 bits per heavy atom. The molecule has 128 valence electrons. The summed E-state index contributed by atoms with van der Waals surface area (Å²) in [6.45, 7) is -2.80. The monoisotopic (exact) mass is 337 g/mol. The van der Waals surface area contributed by atoms with E-state index < -0.39 is 12.6 Å². The average Bonchev–Trinajstić information content (AvgIpc) is 2.53. The maximum atomic E-state index is 12.2. The third-order valence-electron chi connectivity index (χ3n) is 2.87. The Balaban J connectivity index is 1.90. The zero-order chi connectivity index (χ0) is 17.5. The third kappa shape index (κ3) is 5.34. The van der Waals surface area contributed by atoms with Crippen LogP contribution in [0.3, 0.4) is 0 Å². The van der Waals surface area contributed by atoms with Gasteiger partial charge in [0.1, 0.15) is 17.4 Å². The molecule has 9 heteroatoms. The van der Waals surface area contributed by atoms with Crippen molar-refractivity contribution >= 4 is 17.5 Å². The minimum Gasteiger partial charge on any atom is -0.435 e. The number of hydrogen-bond donors (Lipinski definition) is 2. The average molecular weight is 337 g/mol. The molecule has 2 rings (SSSR count). The number of amides is 2. The van der Waals surface area contributed by atoms with Gasteiger partial charge in [-0.15, -0.1) is 0 Å². The highest BCUT2D eigenvalue weighted by molar-refractivity contribution is 5.89. The summed E-state index contributed by atoms with van der Waals surface area (Å²) < 4.78 is 28.6. The number of nitrogens with one attached hydrogen (secondary N) is 2. The fraction of sp³-hybridized carbons (Fsp3) is 0.267. The molecule has 0 spiro atoms. The first-order valence-electron chi connectivity index (χ1n) is 7.03. The number of ether oxygens (including phenoxy) is 1. The van der Waals surface area contributed by atoms with Crippen molar-refractivity contribution in [2.24, 2.45) is 0 Å². The summed E-state index contributed by atoms with van der Waals surface area (Å²) in [4.78, 5) is 22.0. The third-order valence-corrected chi connectivity index (χ3v) is 2.87. The summed E-state index contributed by atoms with van der Waals surface area (Å²) in [5, 5.41) is 5.11. The Hall–Kier alpha value is -2.97. The minimum absolute atomic E-state index is 0.0372. The summed E-state index contributed by atoms with van der Waals surface area (Å²) in [5.74, 6) is 1.13. The number of urea groups is 1. The molecule has 1 aromatic carbocycles. The van der Waals surface area contributed by atoms with E-state index in [2.05, 4.69) is 25.3 Å². The van der Waals surface area contributed by atoms with E-state index in [1.807, 2.05) is 19.0 Å². The van der Waals surface area contributed by atoms with Crippen molar-refractivity contribution in [3.8, 4) is 5.75 Å². The molecule has 0 atom stereocenters. The molecule has 0 aliphatic rings. The minimum atomic E-state index is -2.92. The first kappa shape index (κ1) is 17.4. The van der Waals surface area contributed by atoms with Gasteiger partial charge in [0.25, 0.3) is 0 Å². The second-order valence-corrected chi connectivity index (χ2v) is 4.94. The van der Waals surface area contributed by atoms with Gasteiger partial charge in [0, 0.05) is 32.0 Å². The molecule has 2 N–H and O–H groups in total. The molecule has 24 heavy (non-hydrogen) atoms. The lowest BCUT2D eigenvalue weighted by Gasteiger charge is -2.12. The van der Waals surface area contributed by atoms with Crippen LogP contribution in [0.25, 0.3) is 0 Å². The van der Waals surface area contributed by atoms with E-state index in [0.717, 1.165) is 5.82 Å². The van der Waals surface area contributed by atoms with Crippen LogP contribution in [-0.4, -0.2) is 36.7 Å². The van der Waals surface area contributed by atoms with Gasteiger partial charge in [-0.1, -0.05) is 6.07 Å². The fourth-order valence-corrected chi connectivity index (χ4v) is 1.81. The van der Waals surface area contributed by atoms with Crippen LogP contribution >= 0.6 is 0 Å². The topological polar surface area (TPSA) is 79.4 Å². The first-order chi connectivity index (χ1) is 11.4. The highest BCUT2D eigenvalue weighted by Gasteiger charge is 2.07. The summed E-state index contributed by atoms with van der Waals surface area (Å²) in [5.41, 5.74) is 0.327. The molecule has 1 aromatic heterocycles. The van der Waals surface area contributed by atoms with Crippen LogP contribution < -0.4 is 20.3 Å². The van der Waals surface area contributed by atoms with E-state index in [0.29, 0.717) is 11.5 Å². The highest BCUT2D eigenvalue weighted by Crippen LogP contribution is 2.19. The Morgan fingerprint density at radius 1 is 1.33 bits per heavy atom. The van der Waals surface area contributed by atoms with Crippen LogP contribution in [0.5, 0.6) is 5.75 Å². The smallest absolute Gasteiger partial charge is 0.387 e. The predicted octanol–water partition coefficient (Wildman–Crippen LogP) is 2.47. The summed E-state index contributed by atoms with van der Waals surface area (Å²) in [6, 6.07) is 6.96. The highest BCUT2D eigenvalue weighted by atomic mass is 19.3. The Kier molecular flexibility index (Phi) is 5.83. The molecule has 0 unspecified atom stereocenters. The maximum Gasteiger partial charge on any atom is 0.387 e. The van der Waals surface area contributed by atoms with Gasteiger partial charge in [0.15, 0.2) is 0 Å². The number of alkyl halides is 2. The molecular formula is C15H17F2N5O2. The second kappa shape index (κ2) is 8.04. The zero-order valence-electron chi connectivity index (χ0n) is 13.2. The van der Waals surface area contributed by atoms with Gasteiger partial charge in [-0.2, -0.15) is 8.78 Å². The van der Waals surface area contributed by atoms with Crippen molar-refractivity contribution in [1.29, 1.82) is 0 Å². The number of hydrogen-bond acceptors (Lipinski definition) is 5. The molecule has 2 aromatic rings. The van der Waals surface area contributed by atoms with E-state index in [1.54, 1.807) is 18.3 Å². The number of carbonyl (C=O) groups excluding carboxylic acids is 1. The van der Waals surface area contributed by atoms with Crippen molar-refractivity contribution in [1.82, 2.24) is 15.3 Å². The van der Waals surface area contributed by atoms with Crippen LogP contribution in [0.2, 0.25) is 0 Å². The van der Waals surface area contributed by atoms with Gasteiger partial charge in [-0.3, -0.25) is 0 Å².